The van der Waals surface area contributed by atoms with Crippen molar-refractivity contribution in [2.45, 2.75) is 13.5 Å². The van der Waals surface area contributed by atoms with Crippen molar-refractivity contribution in [3.8, 4) is 0 Å². The molecule has 1 aliphatic rings. The molecular weight excluding hydrogens is 310 g/mol. The van der Waals surface area contributed by atoms with Gasteiger partial charge in [-0.2, -0.15) is 10.2 Å². The number of amides is 1. The molecule has 24 heavy (non-hydrogen) atoms. The lowest BCUT2D eigenvalue weighted by Gasteiger charge is -2.28. The summed E-state index contributed by atoms with van der Waals surface area (Å²) in [6.07, 6.45) is 3.35. The molecule has 0 atom stereocenters. The Morgan fingerprint density at radius 3 is 2.75 bits per heavy atom. The van der Waals surface area contributed by atoms with Crippen LogP contribution in [0.15, 0.2) is 23.3 Å². The Kier molecular flexibility index (Phi) is 4.61. The minimum Gasteiger partial charge on any atom is -0.368 e. The van der Waals surface area contributed by atoms with Gasteiger partial charge in [0, 0.05) is 45.5 Å². The van der Waals surface area contributed by atoms with E-state index in [9.17, 15) is 9.59 Å². The number of piperazine rings is 1. The molecule has 2 aromatic heterocycles. The average molecular weight is 331 g/mol. The highest BCUT2D eigenvalue weighted by molar-refractivity contribution is 5.90. The maximum Gasteiger partial charge on any atom is 0.269 e. The number of aryl methyl sites for hydroxylation is 2. The Bertz CT molecular complexity index is 789. The number of nitrogens with one attached hydrogen (secondary N) is 2. The van der Waals surface area contributed by atoms with Gasteiger partial charge in [0.15, 0.2) is 0 Å². The first kappa shape index (κ1) is 16.2. The molecule has 0 saturated carbocycles. The third-order valence-corrected chi connectivity index (χ3v) is 3.92. The smallest absolute Gasteiger partial charge is 0.269 e. The van der Waals surface area contributed by atoms with Gasteiger partial charge < -0.3 is 15.5 Å². The van der Waals surface area contributed by atoms with Gasteiger partial charge in [-0.15, -0.1) is 0 Å². The van der Waals surface area contributed by atoms with Crippen molar-refractivity contribution < 1.29 is 4.79 Å². The second-order valence-electron chi connectivity index (χ2n) is 5.80. The summed E-state index contributed by atoms with van der Waals surface area (Å²) in [5, 5.41) is 14.3. The van der Waals surface area contributed by atoms with Crippen LogP contribution in [0.2, 0.25) is 0 Å². The quantitative estimate of drug-likeness (QED) is 0.771. The van der Waals surface area contributed by atoms with Crippen LogP contribution in [-0.2, 0) is 18.4 Å². The summed E-state index contributed by atoms with van der Waals surface area (Å²) in [5.74, 6) is -0.310. The van der Waals surface area contributed by atoms with Crippen LogP contribution >= 0.6 is 0 Å². The number of aromatic nitrogens is 4. The maximum absolute atomic E-state index is 12.2. The summed E-state index contributed by atoms with van der Waals surface area (Å²) < 4.78 is 2.78. The summed E-state index contributed by atoms with van der Waals surface area (Å²) in [5.41, 5.74) is 1.86. The largest absolute Gasteiger partial charge is 0.368 e. The SMILES string of the molecule is Cc1nn(C)cc1NC(=O)Cn1ncc(N2CCNCC2)cc1=O. The van der Waals surface area contributed by atoms with Gasteiger partial charge in [0.1, 0.15) is 6.54 Å². The van der Waals surface area contributed by atoms with Crippen molar-refractivity contribution in [1.29, 1.82) is 0 Å². The minimum atomic E-state index is -0.310. The third kappa shape index (κ3) is 3.62. The fourth-order valence-corrected chi connectivity index (χ4v) is 2.69. The molecule has 9 heteroatoms. The summed E-state index contributed by atoms with van der Waals surface area (Å²) >= 11 is 0. The van der Waals surface area contributed by atoms with Crippen molar-refractivity contribution in [1.82, 2.24) is 24.9 Å². The second-order valence-corrected chi connectivity index (χ2v) is 5.80. The highest BCUT2D eigenvalue weighted by Crippen LogP contribution is 2.12. The zero-order valence-electron chi connectivity index (χ0n) is 13.8. The zero-order chi connectivity index (χ0) is 17.1. The van der Waals surface area contributed by atoms with Gasteiger partial charge in [0.05, 0.1) is 23.3 Å². The lowest BCUT2D eigenvalue weighted by Crippen LogP contribution is -2.44. The number of rotatable bonds is 4. The predicted molar refractivity (Wildman–Crippen MR) is 90.2 cm³/mol. The Hall–Kier alpha value is -2.68. The van der Waals surface area contributed by atoms with Crippen LogP contribution in [0.3, 0.4) is 0 Å². The molecule has 0 aliphatic carbocycles. The van der Waals surface area contributed by atoms with E-state index in [4.69, 9.17) is 0 Å². The molecule has 9 nitrogen and oxygen atoms in total. The van der Waals surface area contributed by atoms with Crippen LogP contribution in [0.4, 0.5) is 11.4 Å². The topological polar surface area (TPSA) is 97.1 Å². The Balaban J connectivity index is 1.67. The van der Waals surface area contributed by atoms with Crippen LogP contribution in [-0.4, -0.2) is 51.6 Å². The third-order valence-electron chi connectivity index (χ3n) is 3.92. The number of hydrogen-bond acceptors (Lipinski definition) is 6. The number of anilines is 2. The molecule has 0 bridgehead atoms. The van der Waals surface area contributed by atoms with Gasteiger partial charge in [-0.1, -0.05) is 0 Å². The van der Waals surface area contributed by atoms with E-state index in [0.717, 1.165) is 42.2 Å². The van der Waals surface area contributed by atoms with Crippen LogP contribution in [0.25, 0.3) is 0 Å². The molecule has 3 heterocycles. The van der Waals surface area contributed by atoms with Crippen LogP contribution < -0.4 is 21.1 Å². The van der Waals surface area contributed by atoms with Crippen molar-refractivity contribution in [2.24, 2.45) is 7.05 Å². The van der Waals surface area contributed by atoms with Gasteiger partial charge >= 0.3 is 0 Å². The Labute approximate surface area is 139 Å². The number of nitrogens with zero attached hydrogens (tertiary/aromatic N) is 5. The lowest BCUT2D eigenvalue weighted by molar-refractivity contribution is -0.117. The average Bonchev–Trinajstić information content (AvgIpc) is 2.87. The van der Waals surface area contributed by atoms with E-state index in [1.165, 1.54) is 6.07 Å². The molecule has 3 rings (SSSR count). The summed E-state index contributed by atoms with van der Waals surface area (Å²) in [6, 6.07) is 1.53. The standard InChI is InChI=1S/C15H21N7O2/c1-11-13(9-20(2)19-11)18-14(23)10-22-15(24)7-12(8-17-22)21-5-3-16-4-6-21/h7-9,16H,3-6,10H2,1-2H3,(H,18,23). The minimum absolute atomic E-state index is 0.130. The number of carbonyl (C=O) groups excluding carboxylic acids is 1. The Morgan fingerprint density at radius 2 is 2.12 bits per heavy atom. The van der Waals surface area contributed by atoms with Gasteiger partial charge in [0.25, 0.3) is 5.56 Å². The normalized spacial score (nSPS) is 14.7. The molecule has 1 fully saturated rings. The first-order valence-corrected chi connectivity index (χ1v) is 7.86. The summed E-state index contributed by atoms with van der Waals surface area (Å²) in [6.45, 7) is 5.13. The predicted octanol–water partition coefficient (Wildman–Crippen LogP) is -0.666. The van der Waals surface area contributed by atoms with E-state index in [-0.39, 0.29) is 18.0 Å². The van der Waals surface area contributed by atoms with Crippen molar-refractivity contribution in [2.75, 3.05) is 36.4 Å². The van der Waals surface area contributed by atoms with E-state index < -0.39 is 0 Å². The first-order chi connectivity index (χ1) is 11.5. The molecule has 0 radical (unpaired) electrons. The molecule has 2 aromatic rings. The number of hydrogen-bond donors (Lipinski definition) is 2. The molecule has 1 aliphatic heterocycles. The molecule has 2 N–H and O–H groups in total. The van der Waals surface area contributed by atoms with Gasteiger partial charge in [-0.05, 0) is 6.92 Å². The van der Waals surface area contributed by atoms with E-state index in [2.05, 4.69) is 25.7 Å². The summed E-state index contributed by atoms with van der Waals surface area (Å²) in [4.78, 5) is 26.4. The lowest BCUT2D eigenvalue weighted by atomic mass is 10.3. The fourth-order valence-electron chi connectivity index (χ4n) is 2.69. The van der Waals surface area contributed by atoms with Crippen LogP contribution in [0.1, 0.15) is 5.69 Å². The van der Waals surface area contributed by atoms with E-state index >= 15 is 0 Å². The molecule has 0 unspecified atom stereocenters. The summed E-state index contributed by atoms with van der Waals surface area (Å²) in [7, 11) is 1.78. The first-order valence-electron chi connectivity index (χ1n) is 7.86. The van der Waals surface area contributed by atoms with Crippen molar-refractivity contribution in [3.63, 3.8) is 0 Å². The molecule has 128 valence electrons. The van der Waals surface area contributed by atoms with Gasteiger partial charge in [-0.25, -0.2) is 4.68 Å². The van der Waals surface area contributed by atoms with E-state index in [0.29, 0.717) is 5.69 Å². The molecular formula is C15H21N7O2. The highest BCUT2D eigenvalue weighted by atomic mass is 16.2. The Morgan fingerprint density at radius 1 is 1.38 bits per heavy atom. The monoisotopic (exact) mass is 331 g/mol. The molecule has 0 spiro atoms. The van der Waals surface area contributed by atoms with Gasteiger partial charge in [0.2, 0.25) is 5.91 Å². The van der Waals surface area contributed by atoms with E-state index in [1.807, 2.05) is 6.92 Å². The van der Waals surface area contributed by atoms with E-state index in [1.54, 1.807) is 24.1 Å². The molecule has 1 saturated heterocycles. The second kappa shape index (κ2) is 6.83. The van der Waals surface area contributed by atoms with Crippen LogP contribution in [0.5, 0.6) is 0 Å². The molecule has 0 aromatic carbocycles. The van der Waals surface area contributed by atoms with Crippen molar-refractivity contribution in [3.05, 3.63) is 34.5 Å². The molecule has 1 amide bonds. The zero-order valence-corrected chi connectivity index (χ0v) is 13.8. The van der Waals surface area contributed by atoms with Crippen molar-refractivity contribution >= 4 is 17.3 Å². The van der Waals surface area contributed by atoms with Crippen LogP contribution in [0, 0.1) is 6.92 Å². The van der Waals surface area contributed by atoms with Gasteiger partial charge in [-0.3, -0.25) is 14.3 Å². The highest BCUT2D eigenvalue weighted by Gasteiger charge is 2.14. The fraction of sp³-hybridized carbons (Fsp3) is 0.467. The number of carbonyl (C=O) groups is 1. The maximum atomic E-state index is 12.2.